The fourth-order valence-corrected chi connectivity index (χ4v) is 4.10. The topological polar surface area (TPSA) is 18.5 Å². The van der Waals surface area contributed by atoms with Crippen LogP contribution < -0.4 is 4.74 Å². The van der Waals surface area contributed by atoms with E-state index in [-0.39, 0.29) is 0 Å². The van der Waals surface area contributed by atoms with Gasteiger partial charge in [0.25, 0.3) is 0 Å². The van der Waals surface area contributed by atoms with Gasteiger partial charge in [0.05, 0.1) is 6.61 Å². The average molecular weight is 437 g/mol. The lowest BCUT2D eigenvalue weighted by Crippen LogP contribution is -1.99. The van der Waals surface area contributed by atoms with Crippen molar-refractivity contribution in [1.29, 1.82) is 0 Å². The zero-order valence-electron chi connectivity index (χ0n) is 17.9. The Kier molecular flexibility index (Phi) is 7.70. The molecule has 3 aromatic rings. The molecule has 0 spiro atoms. The molecule has 3 rings (SSSR count). The molecule has 0 heterocycles. The van der Waals surface area contributed by atoms with Crippen LogP contribution in [0.2, 0.25) is 0 Å². The number of ether oxygens (including phenoxy) is 2. The maximum absolute atomic E-state index is 6.44. The normalized spacial score (nSPS) is 11.9. The molecule has 156 valence electrons. The van der Waals surface area contributed by atoms with Crippen LogP contribution in [0.4, 0.5) is 0 Å². The third-order valence-corrected chi connectivity index (χ3v) is 6.10. The molecule has 30 heavy (non-hydrogen) atoms. The van der Waals surface area contributed by atoms with E-state index in [1.54, 1.807) is 7.11 Å². The number of rotatable bonds is 7. The minimum atomic E-state index is 0.661. The first-order valence-electron chi connectivity index (χ1n) is 9.96. The number of thiol groups is 2. The Morgan fingerprint density at radius 3 is 2.13 bits per heavy atom. The maximum atomic E-state index is 6.44. The van der Waals surface area contributed by atoms with Crippen molar-refractivity contribution < 1.29 is 9.47 Å². The second-order valence-corrected chi connectivity index (χ2v) is 8.36. The Morgan fingerprint density at radius 1 is 0.833 bits per heavy atom. The number of hydrogen-bond donors (Lipinski definition) is 2. The van der Waals surface area contributed by atoms with Gasteiger partial charge in [-0.25, -0.2) is 0 Å². The van der Waals surface area contributed by atoms with Crippen LogP contribution in [-0.4, -0.2) is 13.7 Å². The van der Waals surface area contributed by atoms with Crippen LogP contribution in [0.1, 0.15) is 33.4 Å². The summed E-state index contributed by atoms with van der Waals surface area (Å²) in [6, 6.07) is 20.5. The smallest absolute Gasteiger partial charge is 0.135 e. The molecule has 0 N–H and O–H groups in total. The first-order valence-corrected chi connectivity index (χ1v) is 10.9. The highest BCUT2D eigenvalue weighted by Crippen LogP contribution is 2.40. The molecule has 0 saturated carbocycles. The van der Waals surface area contributed by atoms with E-state index in [1.807, 2.05) is 36.4 Å². The van der Waals surface area contributed by atoms with Gasteiger partial charge in [-0.05, 0) is 61.6 Å². The Hall–Kier alpha value is -2.14. The Morgan fingerprint density at radius 2 is 1.50 bits per heavy atom. The summed E-state index contributed by atoms with van der Waals surface area (Å²) < 4.78 is 11.7. The quantitative estimate of drug-likeness (QED) is 0.299. The minimum absolute atomic E-state index is 0.661. The number of aryl methyl sites for hydroxylation is 3. The molecule has 0 atom stereocenters. The Balaban J connectivity index is 2.10. The van der Waals surface area contributed by atoms with Crippen molar-refractivity contribution in [3.8, 4) is 11.5 Å². The summed E-state index contributed by atoms with van der Waals surface area (Å²) in [5.74, 6) is 1.65. The molecule has 0 radical (unpaired) electrons. The highest BCUT2D eigenvalue weighted by atomic mass is 32.1. The second-order valence-electron chi connectivity index (χ2n) is 7.47. The zero-order chi connectivity index (χ0) is 21.7. The summed E-state index contributed by atoms with van der Waals surface area (Å²) in [5, 5.41) is 0. The summed E-state index contributed by atoms with van der Waals surface area (Å²) in [5.41, 5.74) is 6.55. The molecule has 0 unspecified atom stereocenters. The largest absolute Gasteiger partial charge is 0.456 e. The molecule has 0 aromatic heterocycles. The van der Waals surface area contributed by atoms with Crippen LogP contribution in [-0.2, 0) is 11.2 Å². The maximum Gasteiger partial charge on any atom is 0.135 e. The monoisotopic (exact) mass is 436 g/mol. The Labute approximate surface area is 190 Å². The van der Waals surface area contributed by atoms with Crippen molar-refractivity contribution in [3.05, 3.63) is 94.0 Å². The SMILES string of the molecule is COCCc1ccc(Oc2c(C)cc(C)cc2C)c(/C(S)=C(/S)c2ccccc2)c1. The van der Waals surface area contributed by atoms with Crippen molar-refractivity contribution in [2.75, 3.05) is 13.7 Å². The van der Waals surface area contributed by atoms with Gasteiger partial charge in [0.1, 0.15) is 11.5 Å². The van der Waals surface area contributed by atoms with E-state index in [1.165, 1.54) is 5.56 Å². The van der Waals surface area contributed by atoms with E-state index in [0.29, 0.717) is 6.61 Å². The van der Waals surface area contributed by atoms with Gasteiger partial charge in [0, 0.05) is 22.5 Å². The summed E-state index contributed by atoms with van der Waals surface area (Å²) in [4.78, 5) is 1.59. The van der Waals surface area contributed by atoms with Crippen molar-refractivity contribution in [2.24, 2.45) is 0 Å². The summed E-state index contributed by atoms with van der Waals surface area (Å²) >= 11 is 9.64. The summed E-state index contributed by atoms with van der Waals surface area (Å²) in [7, 11) is 1.71. The molecule has 0 saturated heterocycles. The second kappa shape index (κ2) is 10.3. The van der Waals surface area contributed by atoms with Gasteiger partial charge in [-0.3, -0.25) is 0 Å². The van der Waals surface area contributed by atoms with E-state index >= 15 is 0 Å². The zero-order valence-corrected chi connectivity index (χ0v) is 19.7. The van der Waals surface area contributed by atoms with Crippen molar-refractivity contribution in [1.82, 2.24) is 0 Å². The predicted octanol–water partition coefficient (Wildman–Crippen LogP) is 7.28. The van der Waals surface area contributed by atoms with Crippen LogP contribution in [0.3, 0.4) is 0 Å². The molecule has 0 aliphatic carbocycles. The fraction of sp³-hybridized carbons (Fsp3) is 0.231. The number of hydrogen-bond acceptors (Lipinski definition) is 4. The number of methoxy groups -OCH3 is 1. The van der Waals surface area contributed by atoms with Crippen molar-refractivity contribution in [2.45, 2.75) is 27.2 Å². The van der Waals surface area contributed by atoms with Crippen molar-refractivity contribution in [3.63, 3.8) is 0 Å². The highest BCUT2D eigenvalue weighted by molar-refractivity contribution is 7.96. The van der Waals surface area contributed by atoms with Gasteiger partial charge in [0.2, 0.25) is 0 Å². The van der Waals surface area contributed by atoms with E-state index in [9.17, 15) is 0 Å². The molecular formula is C26H28O2S2. The number of benzene rings is 3. The molecule has 0 aliphatic rings. The molecule has 0 fully saturated rings. The summed E-state index contributed by atoms with van der Waals surface area (Å²) in [6.45, 7) is 6.91. The molecule has 0 amide bonds. The predicted molar refractivity (Wildman–Crippen MR) is 134 cm³/mol. The van der Waals surface area contributed by atoms with Crippen molar-refractivity contribution >= 4 is 35.1 Å². The van der Waals surface area contributed by atoms with E-state index in [2.05, 4.69) is 45.0 Å². The van der Waals surface area contributed by atoms with Gasteiger partial charge in [0.15, 0.2) is 0 Å². The first-order chi connectivity index (χ1) is 14.4. The van der Waals surface area contributed by atoms with Crippen LogP contribution in [0.25, 0.3) is 9.81 Å². The molecule has 2 nitrogen and oxygen atoms in total. The molecule has 0 aliphatic heterocycles. The molecule has 3 aromatic carbocycles. The molecular weight excluding hydrogens is 408 g/mol. The van der Waals surface area contributed by atoms with Crippen LogP contribution in [0.15, 0.2) is 60.7 Å². The minimum Gasteiger partial charge on any atom is -0.456 e. The van der Waals surface area contributed by atoms with E-state index in [0.717, 1.165) is 55.5 Å². The fourth-order valence-electron chi connectivity index (χ4n) is 3.52. The third-order valence-electron chi connectivity index (χ3n) is 4.98. The van der Waals surface area contributed by atoms with Gasteiger partial charge in [-0.2, -0.15) is 0 Å². The van der Waals surface area contributed by atoms with Gasteiger partial charge < -0.3 is 9.47 Å². The lowest BCUT2D eigenvalue weighted by atomic mass is 10.0. The standard InChI is InChI=1S/C26H28O2S2/c1-17-14-18(2)24(19(3)15-17)28-23-11-10-20(12-13-27-4)16-22(23)26(30)25(29)21-8-6-5-7-9-21/h5-11,14-16,29-30H,12-13H2,1-4H3/b26-25-. The van der Waals surface area contributed by atoms with Crippen LogP contribution >= 0.6 is 25.3 Å². The molecule has 0 bridgehead atoms. The average Bonchev–Trinajstić information content (AvgIpc) is 2.74. The van der Waals surface area contributed by atoms with Crippen LogP contribution in [0, 0.1) is 20.8 Å². The van der Waals surface area contributed by atoms with Crippen LogP contribution in [0.5, 0.6) is 11.5 Å². The third kappa shape index (κ3) is 5.31. The van der Waals surface area contributed by atoms with E-state index < -0.39 is 0 Å². The lowest BCUT2D eigenvalue weighted by Gasteiger charge is -2.18. The van der Waals surface area contributed by atoms with Gasteiger partial charge in [-0.15, -0.1) is 25.3 Å². The van der Waals surface area contributed by atoms with Gasteiger partial charge in [-0.1, -0.05) is 54.1 Å². The highest BCUT2D eigenvalue weighted by Gasteiger charge is 2.15. The first kappa shape index (κ1) is 22.5. The summed E-state index contributed by atoms with van der Waals surface area (Å²) in [6.07, 6.45) is 0.820. The van der Waals surface area contributed by atoms with E-state index in [4.69, 9.17) is 34.7 Å². The lowest BCUT2D eigenvalue weighted by molar-refractivity contribution is 0.202. The van der Waals surface area contributed by atoms with Gasteiger partial charge >= 0.3 is 0 Å². The Bertz CT molecular complexity index is 1030. The molecule has 4 heteroatoms.